The second-order valence-electron chi connectivity index (χ2n) is 3.47. The van der Waals surface area contributed by atoms with E-state index in [-0.39, 0.29) is 16.9 Å². The zero-order valence-corrected chi connectivity index (χ0v) is 8.82. The van der Waals surface area contributed by atoms with Crippen LogP contribution < -0.4 is 0 Å². The SMILES string of the molecule is Cc1nn(-c2ccc(F)cc2F)cc1C(=O)O. The highest BCUT2D eigenvalue weighted by atomic mass is 19.1. The molecular weight excluding hydrogens is 230 g/mol. The van der Waals surface area contributed by atoms with Gasteiger partial charge in [0.2, 0.25) is 0 Å². The molecule has 0 amide bonds. The van der Waals surface area contributed by atoms with Crippen molar-refractivity contribution in [2.75, 3.05) is 0 Å². The van der Waals surface area contributed by atoms with Gasteiger partial charge in [-0.05, 0) is 19.1 Å². The first kappa shape index (κ1) is 11.3. The maximum atomic E-state index is 13.4. The van der Waals surface area contributed by atoms with Gasteiger partial charge in [0.05, 0.1) is 5.69 Å². The lowest BCUT2D eigenvalue weighted by Crippen LogP contribution is -1.99. The van der Waals surface area contributed by atoms with Crippen molar-refractivity contribution in [2.24, 2.45) is 0 Å². The Morgan fingerprint density at radius 1 is 1.41 bits per heavy atom. The molecule has 2 rings (SSSR count). The van der Waals surface area contributed by atoms with Gasteiger partial charge >= 0.3 is 5.97 Å². The monoisotopic (exact) mass is 238 g/mol. The van der Waals surface area contributed by atoms with E-state index >= 15 is 0 Å². The molecule has 2 aromatic rings. The van der Waals surface area contributed by atoms with Gasteiger partial charge in [-0.25, -0.2) is 18.3 Å². The van der Waals surface area contributed by atoms with E-state index in [1.165, 1.54) is 19.2 Å². The zero-order valence-electron chi connectivity index (χ0n) is 8.82. The highest BCUT2D eigenvalue weighted by molar-refractivity contribution is 5.88. The average Bonchev–Trinajstić information content (AvgIpc) is 2.60. The number of carbonyl (C=O) groups is 1. The maximum Gasteiger partial charge on any atom is 0.339 e. The standard InChI is InChI=1S/C11H8F2N2O2/c1-6-8(11(16)17)5-15(14-6)10-3-2-7(12)4-9(10)13/h2-5H,1H3,(H,16,17). The van der Waals surface area contributed by atoms with Crippen LogP contribution in [0.4, 0.5) is 8.78 Å². The molecule has 0 unspecified atom stereocenters. The molecule has 0 spiro atoms. The predicted octanol–water partition coefficient (Wildman–Crippen LogP) is 2.16. The Morgan fingerprint density at radius 2 is 2.12 bits per heavy atom. The van der Waals surface area contributed by atoms with Gasteiger partial charge in [0.15, 0.2) is 5.82 Å². The average molecular weight is 238 g/mol. The molecule has 1 heterocycles. The molecule has 4 nitrogen and oxygen atoms in total. The predicted molar refractivity (Wildman–Crippen MR) is 55.2 cm³/mol. The van der Waals surface area contributed by atoms with E-state index in [0.717, 1.165) is 10.7 Å². The van der Waals surface area contributed by atoms with Gasteiger partial charge in [-0.15, -0.1) is 0 Å². The van der Waals surface area contributed by atoms with Gasteiger partial charge in [0, 0.05) is 12.3 Å². The van der Waals surface area contributed by atoms with Crippen molar-refractivity contribution < 1.29 is 18.7 Å². The molecule has 0 aliphatic rings. The van der Waals surface area contributed by atoms with Crippen LogP contribution in [-0.4, -0.2) is 20.9 Å². The summed E-state index contributed by atoms with van der Waals surface area (Å²) < 4.78 is 27.2. The molecule has 0 aliphatic heterocycles. The fraction of sp³-hybridized carbons (Fsp3) is 0.0909. The fourth-order valence-corrected chi connectivity index (χ4v) is 1.46. The van der Waals surface area contributed by atoms with E-state index in [1.54, 1.807) is 0 Å². The number of aromatic carboxylic acids is 1. The number of hydrogen-bond donors (Lipinski definition) is 1. The lowest BCUT2D eigenvalue weighted by molar-refractivity contribution is 0.0696. The largest absolute Gasteiger partial charge is 0.478 e. The first-order chi connectivity index (χ1) is 7.99. The van der Waals surface area contributed by atoms with Crippen LogP contribution >= 0.6 is 0 Å². The first-order valence-corrected chi connectivity index (χ1v) is 4.74. The summed E-state index contributed by atoms with van der Waals surface area (Å²) in [7, 11) is 0. The van der Waals surface area contributed by atoms with Crippen molar-refractivity contribution >= 4 is 5.97 Å². The van der Waals surface area contributed by atoms with Gasteiger partial charge in [-0.1, -0.05) is 0 Å². The molecule has 1 aromatic heterocycles. The molecule has 0 bridgehead atoms. The number of aryl methyl sites for hydroxylation is 1. The summed E-state index contributed by atoms with van der Waals surface area (Å²) >= 11 is 0. The number of aromatic nitrogens is 2. The number of hydrogen-bond acceptors (Lipinski definition) is 2. The summed E-state index contributed by atoms with van der Waals surface area (Å²) in [5.41, 5.74) is 0.247. The third kappa shape index (κ3) is 2.01. The van der Waals surface area contributed by atoms with Gasteiger partial charge in [0.25, 0.3) is 0 Å². The number of nitrogens with zero attached hydrogens (tertiary/aromatic N) is 2. The lowest BCUT2D eigenvalue weighted by Gasteiger charge is -2.02. The van der Waals surface area contributed by atoms with Gasteiger partial charge in [0.1, 0.15) is 17.1 Å². The molecule has 0 aliphatic carbocycles. The van der Waals surface area contributed by atoms with E-state index in [0.29, 0.717) is 6.07 Å². The number of rotatable bonds is 2. The molecule has 88 valence electrons. The van der Waals surface area contributed by atoms with Crippen LogP contribution in [0.1, 0.15) is 16.1 Å². The summed E-state index contributed by atoms with van der Waals surface area (Å²) in [4.78, 5) is 10.8. The summed E-state index contributed by atoms with van der Waals surface area (Å²) in [6.45, 7) is 1.50. The van der Waals surface area contributed by atoms with E-state index in [1.807, 2.05) is 0 Å². The summed E-state index contributed by atoms with van der Waals surface area (Å²) in [5.74, 6) is -2.64. The number of carboxylic acid groups (broad SMARTS) is 1. The van der Waals surface area contributed by atoms with Crippen molar-refractivity contribution in [2.45, 2.75) is 6.92 Å². The van der Waals surface area contributed by atoms with Crippen molar-refractivity contribution in [3.05, 3.63) is 47.3 Å². The van der Waals surface area contributed by atoms with E-state index in [9.17, 15) is 13.6 Å². The number of benzene rings is 1. The zero-order chi connectivity index (χ0) is 12.6. The lowest BCUT2D eigenvalue weighted by atomic mass is 10.2. The minimum absolute atomic E-state index is 0.00185. The summed E-state index contributed by atoms with van der Waals surface area (Å²) in [6, 6.07) is 2.99. The second kappa shape index (κ2) is 3.97. The van der Waals surface area contributed by atoms with Gasteiger partial charge in [-0.3, -0.25) is 0 Å². The Hall–Kier alpha value is -2.24. The molecule has 17 heavy (non-hydrogen) atoms. The first-order valence-electron chi connectivity index (χ1n) is 4.74. The van der Waals surface area contributed by atoms with Crippen LogP contribution in [0.5, 0.6) is 0 Å². The number of carboxylic acids is 1. The van der Waals surface area contributed by atoms with Gasteiger partial charge in [-0.2, -0.15) is 5.10 Å². The second-order valence-corrected chi connectivity index (χ2v) is 3.47. The van der Waals surface area contributed by atoms with Crippen LogP contribution in [0.15, 0.2) is 24.4 Å². The van der Waals surface area contributed by atoms with Crippen LogP contribution in [0.25, 0.3) is 5.69 Å². The smallest absolute Gasteiger partial charge is 0.339 e. The number of halogens is 2. The van der Waals surface area contributed by atoms with Crippen LogP contribution in [0.2, 0.25) is 0 Å². The molecular formula is C11H8F2N2O2. The Balaban J connectivity index is 2.53. The van der Waals surface area contributed by atoms with E-state index in [2.05, 4.69) is 5.10 Å². The molecule has 6 heteroatoms. The molecule has 0 radical (unpaired) electrons. The topological polar surface area (TPSA) is 55.1 Å². The third-order valence-electron chi connectivity index (χ3n) is 2.29. The normalized spacial score (nSPS) is 10.5. The Labute approximate surface area is 95.1 Å². The third-order valence-corrected chi connectivity index (χ3v) is 2.29. The van der Waals surface area contributed by atoms with Crippen molar-refractivity contribution in [1.29, 1.82) is 0 Å². The van der Waals surface area contributed by atoms with Crippen molar-refractivity contribution in [3.8, 4) is 5.69 Å². The summed E-state index contributed by atoms with van der Waals surface area (Å²) in [6.07, 6.45) is 1.19. The Kier molecular flexibility index (Phi) is 2.63. The highest BCUT2D eigenvalue weighted by Crippen LogP contribution is 2.16. The molecule has 0 saturated heterocycles. The molecule has 0 atom stereocenters. The molecule has 0 saturated carbocycles. The van der Waals surface area contributed by atoms with Gasteiger partial charge < -0.3 is 5.11 Å². The minimum atomic E-state index is -1.14. The van der Waals surface area contributed by atoms with Crippen molar-refractivity contribution in [3.63, 3.8) is 0 Å². The maximum absolute atomic E-state index is 13.4. The molecule has 0 fully saturated rings. The Morgan fingerprint density at radius 3 is 2.65 bits per heavy atom. The Bertz CT molecular complexity index is 593. The fourth-order valence-electron chi connectivity index (χ4n) is 1.46. The van der Waals surface area contributed by atoms with E-state index in [4.69, 9.17) is 5.11 Å². The highest BCUT2D eigenvalue weighted by Gasteiger charge is 2.14. The van der Waals surface area contributed by atoms with Crippen LogP contribution in [0, 0.1) is 18.6 Å². The quantitative estimate of drug-likeness (QED) is 0.872. The van der Waals surface area contributed by atoms with Crippen molar-refractivity contribution in [1.82, 2.24) is 9.78 Å². The van der Waals surface area contributed by atoms with Crippen LogP contribution in [-0.2, 0) is 0 Å². The van der Waals surface area contributed by atoms with Crippen LogP contribution in [0.3, 0.4) is 0 Å². The minimum Gasteiger partial charge on any atom is -0.478 e. The molecule has 1 aromatic carbocycles. The van der Waals surface area contributed by atoms with E-state index < -0.39 is 17.6 Å². The molecule has 1 N–H and O–H groups in total. The summed E-state index contributed by atoms with van der Waals surface area (Å²) in [5, 5.41) is 12.7.